The Morgan fingerprint density at radius 3 is 2.04 bits per heavy atom. The fourth-order valence-corrected chi connectivity index (χ4v) is 4.74. The number of aliphatic imine (C=N–C) groups is 1. The lowest BCUT2D eigenvalue weighted by atomic mass is 9.64. The third kappa shape index (κ3) is 3.43. The van der Waals surface area contributed by atoms with Crippen LogP contribution in [0.25, 0.3) is 0 Å². The maximum absolute atomic E-state index is 12.7. The Morgan fingerprint density at radius 1 is 0.963 bits per heavy atom. The summed E-state index contributed by atoms with van der Waals surface area (Å²) in [4.78, 5) is 17.8. The topological polar surface area (TPSA) is 38.7 Å². The number of benzene rings is 2. The fraction of sp³-hybridized carbons (Fsp3) is 0.417. The third-order valence-electron chi connectivity index (χ3n) is 6.41. The summed E-state index contributed by atoms with van der Waals surface area (Å²) in [5.74, 6) is 0.452. The van der Waals surface area contributed by atoms with Gasteiger partial charge < -0.3 is 4.74 Å². The zero-order valence-electron chi connectivity index (χ0n) is 15.9. The van der Waals surface area contributed by atoms with Gasteiger partial charge in [-0.25, -0.2) is 0 Å². The summed E-state index contributed by atoms with van der Waals surface area (Å²) in [7, 11) is 1.53. The van der Waals surface area contributed by atoms with E-state index >= 15 is 0 Å². The Hall–Kier alpha value is -2.42. The summed E-state index contributed by atoms with van der Waals surface area (Å²) in [5.41, 5.74) is 2.96. The number of rotatable bonds is 5. The molecule has 2 aliphatic carbocycles. The Bertz CT molecular complexity index is 769. The van der Waals surface area contributed by atoms with Crippen molar-refractivity contribution in [3.05, 3.63) is 71.8 Å². The Morgan fingerprint density at radius 2 is 1.56 bits per heavy atom. The molecule has 2 aliphatic rings. The predicted molar refractivity (Wildman–Crippen MR) is 108 cm³/mol. The zero-order chi connectivity index (χ0) is 18.7. The zero-order valence-corrected chi connectivity index (χ0v) is 15.9. The monoisotopic (exact) mass is 361 g/mol. The van der Waals surface area contributed by atoms with Gasteiger partial charge in [0.1, 0.15) is 0 Å². The molecular weight excluding hydrogens is 334 g/mol. The normalized spacial score (nSPS) is 24.9. The van der Waals surface area contributed by atoms with Gasteiger partial charge >= 0.3 is 5.97 Å². The number of esters is 1. The molecule has 0 radical (unpaired) electrons. The van der Waals surface area contributed by atoms with Gasteiger partial charge in [0, 0.05) is 11.1 Å². The standard InChI is InChI=1S/C24H27NO2/c1-27-23(26)24(20-13-8-14-20)16-15-21(17-24)25-22(18-9-4-2-5-10-18)19-11-6-3-7-12-19/h2-7,9-12,20-21H,8,13-17H2,1H3/t21-,24?/m1/s1. The smallest absolute Gasteiger partial charge is 0.312 e. The first-order valence-electron chi connectivity index (χ1n) is 10.00. The molecule has 2 aromatic carbocycles. The number of hydrogen-bond donors (Lipinski definition) is 0. The van der Waals surface area contributed by atoms with Gasteiger partial charge in [-0.15, -0.1) is 0 Å². The van der Waals surface area contributed by atoms with Crippen LogP contribution in [0.2, 0.25) is 0 Å². The maximum atomic E-state index is 12.7. The first kappa shape index (κ1) is 18.0. The van der Waals surface area contributed by atoms with Crippen molar-refractivity contribution in [1.82, 2.24) is 0 Å². The summed E-state index contributed by atoms with van der Waals surface area (Å²) >= 11 is 0. The van der Waals surface area contributed by atoms with Crippen LogP contribution < -0.4 is 0 Å². The van der Waals surface area contributed by atoms with E-state index in [1.807, 2.05) is 12.1 Å². The summed E-state index contributed by atoms with van der Waals surface area (Å²) < 4.78 is 5.23. The fourth-order valence-electron chi connectivity index (χ4n) is 4.74. The highest BCUT2D eigenvalue weighted by atomic mass is 16.5. The van der Waals surface area contributed by atoms with E-state index < -0.39 is 0 Å². The van der Waals surface area contributed by atoms with Crippen molar-refractivity contribution < 1.29 is 9.53 Å². The Balaban J connectivity index is 1.66. The van der Waals surface area contributed by atoms with E-state index in [9.17, 15) is 4.79 Å². The minimum atomic E-state index is -0.320. The van der Waals surface area contributed by atoms with Crippen molar-refractivity contribution in [3.8, 4) is 0 Å². The molecule has 0 N–H and O–H groups in total. The molecule has 0 amide bonds. The number of carbonyl (C=O) groups is 1. The maximum Gasteiger partial charge on any atom is 0.312 e. The molecule has 0 aromatic heterocycles. The van der Waals surface area contributed by atoms with Gasteiger partial charge in [-0.2, -0.15) is 0 Å². The van der Waals surface area contributed by atoms with Crippen LogP contribution in [0.4, 0.5) is 0 Å². The van der Waals surface area contributed by atoms with Gasteiger partial charge in [-0.3, -0.25) is 9.79 Å². The highest BCUT2D eigenvalue weighted by Crippen LogP contribution is 2.53. The molecule has 2 aromatic rings. The average Bonchev–Trinajstić information content (AvgIpc) is 3.10. The molecule has 0 saturated heterocycles. The van der Waals surface area contributed by atoms with E-state index in [1.54, 1.807) is 0 Å². The lowest BCUT2D eigenvalue weighted by Gasteiger charge is -2.40. The van der Waals surface area contributed by atoms with Gasteiger partial charge in [0.25, 0.3) is 0 Å². The summed E-state index contributed by atoms with van der Waals surface area (Å²) in [6.07, 6.45) is 6.19. The summed E-state index contributed by atoms with van der Waals surface area (Å²) in [6, 6.07) is 20.9. The second-order valence-corrected chi connectivity index (χ2v) is 7.88. The lowest BCUT2D eigenvalue weighted by Crippen LogP contribution is -2.41. The Labute approximate surface area is 161 Å². The van der Waals surface area contributed by atoms with Crippen molar-refractivity contribution in [2.45, 2.75) is 44.6 Å². The van der Waals surface area contributed by atoms with Gasteiger partial charge in [0.15, 0.2) is 0 Å². The second-order valence-electron chi connectivity index (χ2n) is 7.88. The van der Waals surface area contributed by atoms with Crippen molar-refractivity contribution in [2.75, 3.05) is 7.11 Å². The SMILES string of the molecule is COC(=O)C1(C2CCC2)CC[C@@H](N=C(c2ccccc2)c2ccccc2)C1. The molecule has 0 heterocycles. The highest BCUT2D eigenvalue weighted by Gasteiger charge is 2.53. The Kier molecular flexibility index (Phi) is 5.11. The van der Waals surface area contributed by atoms with Gasteiger partial charge in [0.2, 0.25) is 0 Å². The number of carbonyl (C=O) groups excluding carboxylic acids is 1. The van der Waals surface area contributed by atoms with Crippen LogP contribution in [0.3, 0.4) is 0 Å². The lowest BCUT2D eigenvalue weighted by molar-refractivity contribution is -0.158. The van der Waals surface area contributed by atoms with Gasteiger partial charge in [-0.1, -0.05) is 67.1 Å². The molecule has 3 nitrogen and oxygen atoms in total. The van der Waals surface area contributed by atoms with E-state index in [1.165, 1.54) is 13.5 Å². The molecule has 27 heavy (non-hydrogen) atoms. The number of methoxy groups -OCH3 is 1. The molecule has 140 valence electrons. The summed E-state index contributed by atoms with van der Waals surface area (Å²) in [6.45, 7) is 0. The van der Waals surface area contributed by atoms with Crippen molar-refractivity contribution in [1.29, 1.82) is 0 Å². The molecule has 3 heteroatoms. The largest absolute Gasteiger partial charge is 0.469 e. The first-order chi connectivity index (χ1) is 13.2. The quantitative estimate of drug-likeness (QED) is 0.553. The molecule has 2 saturated carbocycles. The second kappa shape index (κ2) is 7.67. The van der Waals surface area contributed by atoms with Gasteiger partial charge in [-0.05, 0) is 38.0 Å². The average molecular weight is 361 g/mol. The molecule has 2 fully saturated rings. The van der Waals surface area contributed by atoms with E-state index in [0.29, 0.717) is 5.92 Å². The van der Waals surface area contributed by atoms with Crippen LogP contribution in [-0.4, -0.2) is 24.8 Å². The minimum absolute atomic E-state index is 0.0223. The highest BCUT2D eigenvalue weighted by molar-refractivity contribution is 6.13. The molecule has 1 unspecified atom stereocenters. The van der Waals surface area contributed by atoms with Crippen molar-refractivity contribution in [2.24, 2.45) is 16.3 Å². The van der Waals surface area contributed by atoms with Crippen molar-refractivity contribution >= 4 is 11.7 Å². The minimum Gasteiger partial charge on any atom is -0.469 e. The molecule has 0 bridgehead atoms. The van der Waals surface area contributed by atoms with E-state index in [-0.39, 0.29) is 17.4 Å². The van der Waals surface area contributed by atoms with E-state index in [4.69, 9.17) is 9.73 Å². The van der Waals surface area contributed by atoms with E-state index in [0.717, 1.165) is 48.9 Å². The van der Waals surface area contributed by atoms with Crippen LogP contribution in [-0.2, 0) is 9.53 Å². The molecule has 4 rings (SSSR count). The van der Waals surface area contributed by atoms with Crippen LogP contribution in [0.15, 0.2) is 65.7 Å². The number of nitrogens with zero attached hydrogens (tertiary/aromatic N) is 1. The number of ether oxygens (including phenoxy) is 1. The molecular formula is C24H27NO2. The van der Waals surface area contributed by atoms with Crippen LogP contribution in [0.1, 0.15) is 49.7 Å². The third-order valence-corrected chi connectivity index (χ3v) is 6.41. The van der Waals surface area contributed by atoms with Crippen molar-refractivity contribution in [3.63, 3.8) is 0 Å². The van der Waals surface area contributed by atoms with Crippen LogP contribution >= 0.6 is 0 Å². The molecule has 0 aliphatic heterocycles. The summed E-state index contributed by atoms with van der Waals surface area (Å²) in [5, 5.41) is 0. The molecule has 2 atom stereocenters. The van der Waals surface area contributed by atoms with Gasteiger partial charge in [0.05, 0.1) is 24.3 Å². The molecule has 0 spiro atoms. The first-order valence-corrected chi connectivity index (χ1v) is 10.00. The van der Waals surface area contributed by atoms with Crippen LogP contribution in [0.5, 0.6) is 0 Å². The number of hydrogen-bond acceptors (Lipinski definition) is 3. The van der Waals surface area contributed by atoms with Crippen LogP contribution in [0, 0.1) is 11.3 Å². The predicted octanol–water partition coefficient (Wildman–Crippen LogP) is 5.04. The van der Waals surface area contributed by atoms with E-state index in [2.05, 4.69) is 48.5 Å².